The zero-order chi connectivity index (χ0) is 9.19. The Morgan fingerprint density at radius 1 is 1.17 bits per heavy atom. The predicted molar refractivity (Wildman–Crippen MR) is 50.0 cm³/mol. The fourth-order valence-electron chi connectivity index (χ4n) is 0.864. The van der Waals surface area contributed by atoms with Gasteiger partial charge < -0.3 is 0 Å². The molecule has 0 amide bonds. The molecule has 1 rings (SSSR count). The fourth-order valence-corrected chi connectivity index (χ4v) is 1.65. The second-order valence-electron chi connectivity index (χ2n) is 2.59. The second kappa shape index (κ2) is 3.31. The lowest BCUT2D eigenvalue weighted by Crippen LogP contribution is -2.06. The predicted octanol–water partition coefficient (Wildman–Crippen LogP) is 1.44. The summed E-state index contributed by atoms with van der Waals surface area (Å²) in [6.45, 7) is 4.65. The average Bonchev–Trinajstić information content (AvgIpc) is 2.05. The van der Waals surface area contributed by atoms with Crippen molar-refractivity contribution < 1.29 is 8.42 Å². The number of aryl methyl sites for hydroxylation is 1. The summed E-state index contributed by atoms with van der Waals surface area (Å²) < 4.78 is 22.5. The number of benzene rings is 1. The molecule has 0 atom stereocenters. The molecule has 0 saturated heterocycles. The zero-order valence-corrected chi connectivity index (χ0v) is 7.93. The summed E-state index contributed by atoms with van der Waals surface area (Å²) in [4.78, 5) is 0.357. The van der Waals surface area contributed by atoms with Gasteiger partial charge in [0.1, 0.15) is 9.69 Å². The van der Waals surface area contributed by atoms with Crippen LogP contribution in [0.3, 0.4) is 0 Å². The van der Waals surface area contributed by atoms with Crippen LogP contribution in [0.2, 0.25) is 6.82 Å². The monoisotopic (exact) mass is 181 g/mol. The van der Waals surface area contributed by atoms with Gasteiger partial charge in [-0.25, -0.2) is 8.42 Å². The van der Waals surface area contributed by atoms with Crippen molar-refractivity contribution in [2.45, 2.75) is 18.6 Å². The van der Waals surface area contributed by atoms with Gasteiger partial charge in [0.05, 0.1) is 4.90 Å². The van der Waals surface area contributed by atoms with E-state index in [-0.39, 0.29) is 0 Å². The minimum atomic E-state index is -3.14. The summed E-state index contributed by atoms with van der Waals surface area (Å²) in [6, 6.07) is 6.81. The molecule has 1 aromatic carbocycles. The van der Waals surface area contributed by atoms with Crippen molar-refractivity contribution in [1.29, 1.82) is 0 Å². The van der Waals surface area contributed by atoms with Crippen LogP contribution >= 0.6 is 0 Å². The van der Waals surface area contributed by atoms with Gasteiger partial charge in [-0.05, 0) is 19.1 Å². The van der Waals surface area contributed by atoms with Crippen LogP contribution in [0.25, 0.3) is 0 Å². The third-order valence-electron chi connectivity index (χ3n) is 1.66. The highest BCUT2D eigenvalue weighted by Crippen LogP contribution is 2.10. The summed E-state index contributed by atoms with van der Waals surface area (Å²) in [7, 11) is -3.14. The largest absolute Gasteiger partial charge is 0.282 e. The molecular weight excluding hydrogens is 171 g/mol. The Balaban J connectivity index is 3.14. The summed E-state index contributed by atoms with van der Waals surface area (Å²) in [5.74, 6) is 0. The van der Waals surface area contributed by atoms with Crippen molar-refractivity contribution in [3.8, 4) is 0 Å². The first kappa shape index (κ1) is 9.32. The first-order chi connectivity index (χ1) is 5.56. The minimum Gasteiger partial charge on any atom is -0.237 e. The maximum atomic E-state index is 11.3. The number of hydrogen-bond acceptors (Lipinski definition) is 2. The van der Waals surface area contributed by atoms with Crippen LogP contribution in [-0.2, 0) is 9.69 Å². The first-order valence-electron chi connectivity index (χ1n) is 3.67. The van der Waals surface area contributed by atoms with E-state index in [0.717, 1.165) is 5.56 Å². The highest BCUT2D eigenvalue weighted by Gasteiger charge is 2.10. The van der Waals surface area contributed by atoms with E-state index < -0.39 is 9.69 Å². The quantitative estimate of drug-likeness (QED) is 0.646. The Labute approximate surface area is 73.7 Å². The van der Waals surface area contributed by atoms with Gasteiger partial charge >= 0.3 is 0 Å². The molecule has 0 saturated carbocycles. The Morgan fingerprint density at radius 3 is 2.08 bits per heavy atom. The van der Waals surface area contributed by atoms with Crippen molar-refractivity contribution in [2.24, 2.45) is 0 Å². The molecule has 4 heteroatoms. The molecule has 1 aromatic rings. The molecule has 0 aromatic heterocycles. The Kier molecular flexibility index (Phi) is 2.57. The van der Waals surface area contributed by atoms with Crippen LogP contribution in [-0.4, -0.2) is 15.0 Å². The zero-order valence-electron chi connectivity index (χ0n) is 7.11. The van der Waals surface area contributed by atoms with Gasteiger partial charge in [-0.3, -0.25) is 0 Å². The van der Waals surface area contributed by atoms with Gasteiger partial charge in [-0.15, -0.1) is 0 Å². The highest BCUT2D eigenvalue weighted by molar-refractivity contribution is 8.15. The molecule has 0 aliphatic rings. The van der Waals surface area contributed by atoms with Crippen LogP contribution in [0, 0.1) is 6.92 Å². The van der Waals surface area contributed by atoms with E-state index in [1.54, 1.807) is 24.3 Å². The van der Waals surface area contributed by atoms with Gasteiger partial charge in [-0.2, -0.15) is 0 Å². The standard InChI is InChI=1S/C8H10BO2S/c1-7-3-5-8(6-4-7)12(10,11)9-2/h3-6H,1-2H3. The van der Waals surface area contributed by atoms with E-state index in [0.29, 0.717) is 4.90 Å². The van der Waals surface area contributed by atoms with Crippen molar-refractivity contribution >= 4 is 16.2 Å². The molecule has 0 fully saturated rings. The molecule has 63 valence electrons. The number of rotatable bonds is 2. The maximum absolute atomic E-state index is 11.3. The summed E-state index contributed by atoms with van der Waals surface area (Å²) in [5.41, 5.74) is 1.06. The lowest BCUT2D eigenvalue weighted by molar-refractivity contribution is 0.609. The summed E-state index contributed by atoms with van der Waals surface area (Å²) in [6.07, 6.45) is 0. The van der Waals surface area contributed by atoms with Crippen LogP contribution in [0.4, 0.5) is 0 Å². The van der Waals surface area contributed by atoms with Gasteiger partial charge in [0.25, 0.3) is 6.56 Å². The third-order valence-corrected chi connectivity index (χ3v) is 3.21. The summed E-state index contributed by atoms with van der Waals surface area (Å²) in [5, 5.41) is 0. The molecule has 0 unspecified atom stereocenters. The normalized spacial score (nSPS) is 11.2. The Hall–Kier alpha value is -0.765. The SMILES string of the molecule is C[B]S(=O)(=O)c1ccc(C)cc1. The Bertz CT molecular complexity index is 353. The van der Waals surface area contributed by atoms with E-state index in [4.69, 9.17) is 0 Å². The molecular formula is C8H10BO2S. The van der Waals surface area contributed by atoms with Gasteiger partial charge in [0.15, 0.2) is 0 Å². The van der Waals surface area contributed by atoms with E-state index in [1.165, 1.54) is 13.4 Å². The molecule has 0 N–H and O–H groups in total. The molecule has 0 aliphatic carbocycles. The van der Waals surface area contributed by atoms with Crippen molar-refractivity contribution in [2.75, 3.05) is 0 Å². The molecule has 1 radical (unpaired) electrons. The van der Waals surface area contributed by atoms with E-state index in [1.807, 2.05) is 6.92 Å². The molecule has 0 aliphatic heterocycles. The smallest absolute Gasteiger partial charge is 0.237 e. The van der Waals surface area contributed by atoms with Gasteiger partial charge in [0, 0.05) is 0 Å². The van der Waals surface area contributed by atoms with Crippen LogP contribution in [0.1, 0.15) is 5.56 Å². The van der Waals surface area contributed by atoms with E-state index >= 15 is 0 Å². The topological polar surface area (TPSA) is 34.1 Å². The molecule has 0 bridgehead atoms. The van der Waals surface area contributed by atoms with Gasteiger partial charge in [0.2, 0.25) is 0 Å². The highest BCUT2D eigenvalue weighted by atomic mass is 32.2. The van der Waals surface area contributed by atoms with E-state index in [9.17, 15) is 8.42 Å². The lowest BCUT2D eigenvalue weighted by Gasteiger charge is -1.99. The van der Waals surface area contributed by atoms with E-state index in [2.05, 4.69) is 0 Å². The fraction of sp³-hybridized carbons (Fsp3) is 0.250. The van der Waals surface area contributed by atoms with Crippen molar-refractivity contribution in [1.82, 2.24) is 0 Å². The minimum absolute atomic E-state index is 0.357. The third kappa shape index (κ3) is 1.88. The number of hydrogen-bond donors (Lipinski definition) is 0. The molecule has 0 heterocycles. The van der Waals surface area contributed by atoms with Crippen LogP contribution in [0.15, 0.2) is 29.2 Å². The maximum Gasteiger partial charge on any atom is 0.282 e. The van der Waals surface area contributed by atoms with Gasteiger partial charge in [-0.1, -0.05) is 24.5 Å². The molecule has 2 nitrogen and oxygen atoms in total. The first-order valence-corrected chi connectivity index (χ1v) is 5.22. The van der Waals surface area contributed by atoms with Crippen molar-refractivity contribution in [3.05, 3.63) is 29.8 Å². The summed E-state index contributed by atoms with van der Waals surface area (Å²) >= 11 is 0. The molecule has 12 heavy (non-hydrogen) atoms. The average molecular weight is 181 g/mol. The van der Waals surface area contributed by atoms with Crippen LogP contribution < -0.4 is 0 Å². The lowest BCUT2D eigenvalue weighted by atomic mass is 10.2. The molecule has 0 spiro atoms. The second-order valence-corrected chi connectivity index (χ2v) is 4.63. The van der Waals surface area contributed by atoms with Crippen molar-refractivity contribution in [3.63, 3.8) is 0 Å². The van der Waals surface area contributed by atoms with Crippen LogP contribution in [0.5, 0.6) is 0 Å². The Morgan fingerprint density at radius 2 is 1.67 bits per heavy atom.